The van der Waals surface area contributed by atoms with E-state index < -0.39 is 5.54 Å². The second-order valence-corrected chi connectivity index (χ2v) is 2.96. The van der Waals surface area contributed by atoms with Crippen LogP contribution in [0.3, 0.4) is 0 Å². The van der Waals surface area contributed by atoms with Gasteiger partial charge in [-0.1, -0.05) is 11.8 Å². The summed E-state index contributed by atoms with van der Waals surface area (Å²) in [6.07, 6.45) is 3.40. The number of nitrogens with one attached hydrogen (secondary N) is 1. The molecule has 0 amide bonds. The van der Waals surface area contributed by atoms with Crippen molar-refractivity contribution in [1.82, 2.24) is 10.2 Å². The van der Waals surface area contributed by atoms with Gasteiger partial charge in [0.2, 0.25) is 0 Å². The van der Waals surface area contributed by atoms with E-state index in [1.54, 1.807) is 12.4 Å². The molecule has 3 N–H and O–H groups in total. The number of rotatable bonds is 0. The average molecular weight is 149 g/mol. The molecule has 0 aliphatic carbocycles. The minimum atomic E-state index is -0.433. The Morgan fingerprint density at radius 2 is 2.36 bits per heavy atom. The third kappa shape index (κ3) is 2.87. The van der Waals surface area contributed by atoms with E-state index in [-0.39, 0.29) is 0 Å². The van der Waals surface area contributed by atoms with E-state index in [9.17, 15) is 0 Å². The molecule has 1 rings (SSSR count). The predicted molar refractivity (Wildman–Crippen MR) is 43.7 cm³/mol. The molecule has 0 saturated carbocycles. The Hall–Kier alpha value is -1.27. The van der Waals surface area contributed by atoms with Crippen molar-refractivity contribution < 1.29 is 0 Å². The molecule has 0 aliphatic heterocycles. The summed E-state index contributed by atoms with van der Waals surface area (Å²) in [4.78, 5) is 0. The Balaban J connectivity index is 2.74. The highest BCUT2D eigenvalue weighted by Gasteiger charge is 2.03. The van der Waals surface area contributed by atoms with Crippen LogP contribution in [0.2, 0.25) is 0 Å². The maximum atomic E-state index is 5.65. The van der Waals surface area contributed by atoms with Gasteiger partial charge in [0.15, 0.2) is 0 Å². The molecule has 3 heteroatoms. The second-order valence-electron chi connectivity index (χ2n) is 2.96. The van der Waals surface area contributed by atoms with Crippen molar-refractivity contribution in [3.8, 4) is 11.8 Å². The molecule has 0 spiro atoms. The summed E-state index contributed by atoms with van der Waals surface area (Å²) < 4.78 is 0. The summed E-state index contributed by atoms with van der Waals surface area (Å²) in [5.74, 6) is 5.79. The van der Waals surface area contributed by atoms with Gasteiger partial charge < -0.3 is 5.73 Å². The molecule has 1 aromatic rings. The van der Waals surface area contributed by atoms with Gasteiger partial charge >= 0.3 is 0 Å². The predicted octanol–water partition coefficient (Wildman–Crippen LogP) is 0.498. The first-order chi connectivity index (χ1) is 5.08. The molecule has 0 aliphatic rings. The van der Waals surface area contributed by atoms with Crippen LogP contribution >= 0.6 is 0 Å². The highest BCUT2D eigenvalue weighted by Crippen LogP contribution is 1.95. The summed E-state index contributed by atoms with van der Waals surface area (Å²) >= 11 is 0. The summed E-state index contributed by atoms with van der Waals surface area (Å²) in [5, 5.41) is 6.43. The molecule has 0 unspecified atom stereocenters. The zero-order chi connectivity index (χ0) is 8.32. The molecule has 0 saturated heterocycles. The first kappa shape index (κ1) is 7.83. The molecule has 1 aromatic heterocycles. The van der Waals surface area contributed by atoms with Crippen molar-refractivity contribution in [2.24, 2.45) is 5.73 Å². The van der Waals surface area contributed by atoms with Gasteiger partial charge in [-0.3, -0.25) is 5.10 Å². The van der Waals surface area contributed by atoms with Crippen LogP contribution in [0.5, 0.6) is 0 Å². The Morgan fingerprint density at radius 1 is 1.64 bits per heavy atom. The molecule has 3 nitrogen and oxygen atoms in total. The minimum Gasteiger partial charge on any atom is -0.316 e. The number of H-pyrrole nitrogens is 1. The lowest BCUT2D eigenvalue weighted by Gasteiger charge is -2.06. The third-order valence-electron chi connectivity index (χ3n) is 1.03. The molecule has 0 radical (unpaired) electrons. The van der Waals surface area contributed by atoms with E-state index >= 15 is 0 Å². The zero-order valence-electron chi connectivity index (χ0n) is 6.68. The van der Waals surface area contributed by atoms with Crippen LogP contribution in [-0.2, 0) is 0 Å². The maximum Gasteiger partial charge on any atom is 0.0722 e. The van der Waals surface area contributed by atoms with Gasteiger partial charge in [0.05, 0.1) is 17.3 Å². The van der Waals surface area contributed by atoms with Crippen molar-refractivity contribution >= 4 is 0 Å². The van der Waals surface area contributed by atoms with Gasteiger partial charge in [-0.15, -0.1) is 0 Å². The van der Waals surface area contributed by atoms with Crippen molar-refractivity contribution in [2.75, 3.05) is 0 Å². The van der Waals surface area contributed by atoms with Crippen LogP contribution < -0.4 is 5.73 Å². The van der Waals surface area contributed by atoms with E-state index in [0.717, 1.165) is 5.56 Å². The number of aromatic nitrogens is 2. The molecule has 1 heterocycles. The lowest BCUT2D eigenvalue weighted by Crippen LogP contribution is -2.29. The Labute approximate surface area is 66.0 Å². The quantitative estimate of drug-likeness (QED) is 0.528. The fourth-order valence-corrected chi connectivity index (χ4v) is 0.553. The van der Waals surface area contributed by atoms with Crippen LogP contribution in [0.25, 0.3) is 0 Å². The zero-order valence-corrected chi connectivity index (χ0v) is 6.68. The summed E-state index contributed by atoms with van der Waals surface area (Å²) in [6, 6.07) is 0. The number of aromatic amines is 1. The standard InChI is InChI=1S/C8H11N3/c1-8(2,9)4-3-7-5-10-11-6-7/h5-6H,9H2,1-2H3,(H,10,11). The number of nitrogens with two attached hydrogens (primary N) is 1. The molecule has 0 fully saturated rings. The molecular formula is C8H11N3. The van der Waals surface area contributed by atoms with Crippen LogP contribution in [0.4, 0.5) is 0 Å². The van der Waals surface area contributed by atoms with Crippen LogP contribution in [0.1, 0.15) is 19.4 Å². The molecule has 11 heavy (non-hydrogen) atoms. The Morgan fingerprint density at radius 3 is 2.82 bits per heavy atom. The first-order valence-electron chi connectivity index (χ1n) is 3.39. The van der Waals surface area contributed by atoms with Crippen molar-refractivity contribution in [2.45, 2.75) is 19.4 Å². The molecular weight excluding hydrogens is 138 g/mol. The maximum absolute atomic E-state index is 5.65. The van der Waals surface area contributed by atoms with Gasteiger partial charge in [-0.05, 0) is 13.8 Å². The van der Waals surface area contributed by atoms with Crippen LogP contribution in [0.15, 0.2) is 12.4 Å². The van der Waals surface area contributed by atoms with Gasteiger partial charge in [0.1, 0.15) is 0 Å². The van der Waals surface area contributed by atoms with E-state index in [1.165, 1.54) is 0 Å². The van der Waals surface area contributed by atoms with Crippen molar-refractivity contribution in [3.63, 3.8) is 0 Å². The summed E-state index contributed by atoms with van der Waals surface area (Å²) in [6.45, 7) is 3.72. The van der Waals surface area contributed by atoms with E-state index in [1.807, 2.05) is 13.8 Å². The van der Waals surface area contributed by atoms with Gasteiger partial charge in [-0.2, -0.15) is 5.10 Å². The normalized spacial score (nSPS) is 10.5. The summed E-state index contributed by atoms with van der Waals surface area (Å²) in [5.41, 5.74) is 6.08. The highest BCUT2D eigenvalue weighted by molar-refractivity contribution is 5.32. The van der Waals surface area contributed by atoms with Crippen LogP contribution in [0, 0.1) is 11.8 Å². The van der Waals surface area contributed by atoms with Crippen molar-refractivity contribution in [1.29, 1.82) is 0 Å². The Kier molecular flexibility index (Phi) is 1.97. The fraction of sp³-hybridized carbons (Fsp3) is 0.375. The SMILES string of the molecule is CC(C)(N)C#Cc1cn[nH]c1. The van der Waals surface area contributed by atoms with Crippen LogP contribution in [-0.4, -0.2) is 15.7 Å². The average Bonchev–Trinajstić information content (AvgIpc) is 2.32. The van der Waals surface area contributed by atoms with E-state index in [0.29, 0.717) is 0 Å². The first-order valence-corrected chi connectivity index (χ1v) is 3.39. The molecule has 0 aromatic carbocycles. The van der Waals surface area contributed by atoms with Gasteiger partial charge in [0, 0.05) is 6.20 Å². The van der Waals surface area contributed by atoms with E-state index in [4.69, 9.17) is 5.73 Å². The smallest absolute Gasteiger partial charge is 0.0722 e. The molecule has 0 atom stereocenters. The fourth-order valence-electron chi connectivity index (χ4n) is 0.553. The third-order valence-corrected chi connectivity index (χ3v) is 1.03. The highest BCUT2D eigenvalue weighted by atomic mass is 15.1. The number of hydrogen-bond donors (Lipinski definition) is 2. The Bertz CT molecular complexity index is 269. The van der Waals surface area contributed by atoms with Gasteiger partial charge in [-0.25, -0.2) is 0 Å². The van der Waals surface area contributed by atoms with Gasteiger partial charge in [0.25, 0.3) is 0 Å². The van der Waals surface area contributed by atoms with E-state index in [2.05, 4.69) is 22.0 Å². The minimum absolute atomic E-state index is 0.433. The molecule has 58 valence electrons. The van der Waals surface area contributed by atoms with Crippen molar-refractivity contribution in [3.05, 3.63) is 18.0 Å². The lowest BCUT2D eigenvalue weighted by atomic mass is 10.1. The topological polar surface area (TPSA) is 54.7 Å². The lowest BCUT2D eigenvalue weighted by molar-refractivity contribution is 0.680. The monoisotopic (exact) mass is 149 g/mol. The number of nitrogens with zero attached hydrogens (tertiary/aromatic N) is 1. The second kappa shape index (κ2) is 2.77. The number of hydrogen-bond acceptors (Lipinski definition) is 2. The summed E-state index contributed by atoms with van der Waals surface area (Å²) in [7, 11) is 0. The largest absolute Gasteiger partial charge is 0.316 e. The molecule has 0 bridgehead atoms.